The molecule has 1 heterocycles. The Balaban J connectivity index is 2.67. The largest absolute Gasteiger partial charge is 0.507 e. The zero-order valence-electron chi connectivity index (χ0n) is 8.60. The molecule has 1 aromatic carbocycles. The molecule has 0 fully saturated rings. The second kappa shape index (κ2) is 3.45. The van der Waals surface area contributed by atoms with E-state index in [1.807, 2.05) is 0 Å². The molecule has 0 amide bonds. The van der Waals surface area contributed by atoms with Crippen molar-refractivity contribution in [1.29, 1.82) is 0 Å². The third-order valence-corrected chi connectivity index (χ3v) is 3.92. The number of Topliss-reactive ketones (excluding diaryl/α,β-unsaturated/α-hetero) is 1. The van der Waals surface area contributed by atoms with Gasteiger partial charge in [0.05, 0.1) is 4.90 Å². The van der Waals surface area contributed by atoms with E-state index in [2.05, 4.69) is 0 Å². The minimum Gasteiger partial charge on any atom is -0.507 e. The van der Waals surface area contributed by atoms with Crippen LogP contribution in [0.4, 0.5) is 0 Å². The van der Waals surface area contributed by atoms with Gasteiger partial charge in [-0.1, -0.05) is 6.07 Å². The molecule has 0 atom stereocenters. The highest BCUT2D eigenvalue weighted by Crippen LogP contribution is 2.40. The van der Waals surface area contributed by atoms with Crippen LogP contribution in [-0.2, 0) is 14.6 Å². The van der Waals surface area contributed by atoms with Crippen molar-refractivity contribution in [3.05, 3.63) is 29.2 Å². The summed E-state index contributed by atoms with van der Waals surface area (Å²) in [5.41, 5.74) is 0.623. The molecule has 16 heavy (non-hydrogen) atoms. The Kier molecular flexibility index (Phi) is 2.35. The van der Waals surface area contributed by atoms with Crippen LogP contribution in [0.25, 0.3) is 5.57 Å². The van der Waals surface area contributed by atoms with E-state index < -0.39 is 9.84 Å². The fourth-order valence-electron chi connectivity index (χ4n) is 1.79. The van der Waals surface area contributed by atoms with Crippen LogP contribution >= 0.6 is 0 Å². The Morgan fingerprint density at radius 1 is 1.38 bits per heavy atom. The van der Waals surface area contributed by atoms with E-state index in [9.17, 15) is 18.3 Å². The van der Waals surface area contributed by atoms with Gasteiger partial charge in [-0.15, -0.1) is 0 Å². The van der Waals surface area contributed by atoms with E-state index in [4.69, 9.17) is 0 Å². The van der Waals surface area contributed by atoms with Crippen molar-refractivity contribution in [2.24, 2.45) is 0 Å². The van der Waals surface area contributed by atoms with Crippen LogP contribution in [0.5, 0.6) is 5.75 Å². The predicted molar refractivity (Wildman–Crippen MR) is 58.6 cm³/mol. The monoisotopic (exact) mass is 238 g/mol. The number of aromatic hydroxyl groups is 1. The molecule has 0 aliphatic carbocycles. The highest BCUT2D eigenvalue weighted by Gasteiger charge is 2.29. The average molecular weight is 238 g/mol. The van der Waals surface area contributed by atoms with Gasteiger partial charge in [0.1, 0.15) is 11.5 Å². The number of sulfone groups is 1. The molecule has 1 N–H and O–H groups in total. The van der Waals surface area contributed by atoms with Crippen molar-refractivity contribution >= 4 is 21.2 Å². The minimum atomic E-state index is -3.50. The molecule has 1 aliphatic rings. The molecule has 0 spiro atoms. The van der Waals surface area contributed by atoms with E-state index in [1.165, 1.54) is 25.1 Å². The van der Waals surface area contributed by atoms with E-state index in [-0.39, 0.29) is 28.4 Å². The second-order valence-electron chi connectivity index (χ2n) is 3.72. The highest BCUT2D eigenvalue weighted by molar-refractivity contribution is 7.95. The van der Waals surface area contributed by atoms with E-state index in [0.29, 0.717) is 5.57 Å². The van der Waals surface area contributed by atoms with E-state index in [1.54, 1.807) is 0 Å². The van der Waals surface area contributed by atoms with E-state index >= 15 is 0 Å². The van der Waals surface area contributed by atoms with Crippen LogP contribution < -0.4 is 0 Å². The molecule has 0 saturated carbocycles. The minimum absolute atomic E-state index is 0.0177. The molecular formula is C11H10O4S. The van der Waals surface area contributed by atoms with Gasteiger partial charge in [0.25, 0.3) is 0 Å². The first-order valence-electron chi connectivity index (χ1n) is 4.69. The predicted octanol–water partition coefficient (Wildman–Crippen LogP) is 1.50. The Bertz CT molecular complexity index is 596. The Morgan fingerprint density at radius 3 is 2.69 bits per heavy atom. The van der Waals surface area contributed by atoms with Crippen LogP contribution in [0.3, 0.4) is 0 Å². The number of carbonyl (C=O) groups is 1. The molecule has 84 valence electrons. The maximum Gasteiger partial charge on any atom is 0.200 e. The van der Waals surface area contributed by atoms with Crippen molar-refractivity contribution in [2.75, 3.05) is 0 Å². The van der Waals surface area contributed by atoms with Gasteiger partial charge in [0.15, 0.2) is 0 Å². The van der Waals surface area contributed by atoms with Crippen molar-refractivity contribution in [3.8, 4) is 5.75 Å². The summed E-state index contributed by atoms with van der Waals surface area (Å²) in [5, 5.41) is 10.7. The lowest BCUT2D eigenvalue weighted by Crippen LogP contribution is -1.94. The molecule has 0 radical (unpaired) electrons. The van der Waals surface area contributed by atoms with Gasteiger partial charge in [-0.3, -0.25) is 4.79 Å². The normalized spacial score (nSPS) is 16.7. The van der Waals surface area contributed by atoms with Gasteiger partial charge in [0, 0.05) is 17.4 Å². The van der Waals surface area contributed by atoms with Crippen LogP contribution in [0.1, 0.15) is 18.9 Å². The maximum atomic E-state index is 11.7. The number of allylic oxidation sites excluding steroid dienone is 1. The molecule has 1 aromatic rings. The van der Waals surface area contributed by atoms with Crippen molar-refractivity contribution in [1.82, 2.24) is 0 Å². The number of benzene rings is 1. The van der Waals surface area contributed by atoms with Gasteiger partial charge in [-0.25, -0.2) is 8.42 Å². The number of phenols is 1. The summed E-state index contributed by atoms with van der Waals surface area (Å²) in [6, 6.07) is 4.30. The van der Waals surface area contributed by atoms with Gasteiger partial charge >= 0.3 is 0 Å². The zero-order valence-corrected chi connectivity index (χ0v) is 9.41. The Labute approximate surface area is 93.1 Å². The number of phenolic OH excluding ortho intramolecular Hbond substituents is 1. The fourth-order valence-corrected chi connectivity index (χ4v) is 3.28. The molecular weight excluding hydrogens is 228 g/mol. The number of ketones is 1. The zero-order chi connectivity index (χ0) is 11.9. The topological polar surface area (TPSA) is 71.4 Å². The molecule has 0 saturated heterocycles. The third-order valence-electron chi connectivity index (χ3n) is 2.37. The number of hydrogen-bond donors (Lipinski definition) is 1. The van der Waals surface area contributed by atoms with Crippen molar-refractivity contribution in [2.45, 2.75) is 18.2 Å². The van der Waals surface area contributed by atoms with E-state index in [0.717, 1.165) is 5.41 Å². The third kappa shape index (κ3) is 1.63. The fraction of sp³-hybridized carbons (Fsp3) is 0.182. The second-order valence-corrected chi connectivity index (χ2v) is 5.48. The highest BCUT2D eigenvalue weighted by atomic mass is 32.2. The van der Waals surface area contributed by atoms with Crippen LogP contribution in [0.15, 0.2) is 28.5 Å². The summed E-state index contributed by atoms with van der Waals surface area (Å²) in [7, 11) is -3.50. The van der Waals surface area contributed by atoms with Gasteiger partial charge in [-0.05, 0) is 24.6 Å². The first kappa shape index (κ1) is 10.9. The number of fused-ring (bicyclic) bond motifs is 1. The lowest BCUT2D eigenvalue weighted by molar-refractivity contribution is -0.116. The van der Waals surface area contributed by atoms with Crippen molar-refractivity contribution < 1.29 is 18.3 Å². The van der Waals surface area contributed by atoms with Crippen LogP contribution in [0, 0.1) is 0 Å². The van der Waals surface area contributed by atoms with Crippen LogP contribution in [-0.4, -0.2) is 19.3 Å². The Hall–Kier alpha value is -1.62. The quantitative estimate of drug-likeness (QED) is 0.847. The molecule has 1 aliphatic heterocycles. The summed E-state index contributed by atoms with van der Waals surface area (Å²) in [6.07, 6.45) is 0.0177. The summed E-state index contributed by atoms with van der Waals surface area (Å²) >= 11 is 0. The van der Waals surface area contributed by atoms with Gasteiger partial charge in [-0.2, -0.15) is 0 Å². The SMILES string of the molecule is CC(=O)CC1=CS(=O)(=O)c2cccc(O)c21. The first-order chi connectivity index (χ1) is 7.42. The first-order valence-corrected chi connectivity index (χ1v) is 6.24. The number of rotatable bonds is 2. The Morgan fingerprint density at radius 2 is 2.06 bits per heavy atom. The van der Waals surface area contributed by atoms with Crippen molar-refractivity contribution in [3.63, 3.8) is 0 Å². The molecule has 4 nitrogen and oxygen atoms in total. The average Bonchev–Trinajstić information content (AvgIpc) is 2.38. The lowest BCUT2D eigenvalue weighted by Gasteiger charge is -2.04. The number of carbonyl (C=O) groups excluding carboxylic acids is 1. The summed E-state index contributed by atoms with van der Waals surface area (Å²) in [4.78, 5) is 11.1. The molecule has 2 rings (SSSR count). The molecule has 0 bridgehead atoms. The standard InChI is InChI=1S/C11H10O4S/c1-7(12)5-8-6-16(14,15)10-4-2-3-9(13)11(8)10/h2-4,6,13H,5H2,1H3. The summed E-state index contributed by atoms with van der Waals surface area (Å²) in [5.74, 6) is -0.247. The smallest absolute Gasteiger partial charge is 0.200 e. The van der Waals surface area contributed by atoms with Crippen LogP contribution in [0.2, 0.25) is 0 Å². The maximum absolute atomic E-state index is 11.7. The summed E-state index contributed by atoms with van der Waals surface area (Å²) in [6.45, 7) is 1.38. The lowest BCUT2D eigenvalue weighted by atomic mass is 10.0. The van der Waals surface area contributed by atoms with Gasteiger partial charge < -0.3 is 5.11 Å². The molecule has 5 heteroatoms. The molecule has 0 unspecified atom stereocenters. The number of hydrogen-bond acceptors (Lipinski definition) is 4. The molecule has 0 aromatic heterocycles. The van der Waals surface area contributed by atoms with Gasteiger partial charge in [0.2, 0.25) is 9.84 Å². The summed E-state index contributed by atoms with van der Waals surface area (Å²) < 4.78 is 23.4.